The second-order valence-corrected chi connectivity index (χ2v) is 11.1. The van der Waals surface area contributed by atoms with Gasteiger partial charge in [-0.25, -0.2) is 4.79 Å². The zero-order chi connectivity index (χ0) is 29.0. The van der Waals surface area contributed by atoms with E-state index < -0.39 is 34.6 Å². The van der Waals surface area contributed by atoms with Crippen molar-refractivity contribution >= 4 is 28.7 Å². The molecule has 1 aliphatic rings. The summed E-state index contributed by atoms with van der Waals surface area (Å²) in [6.45, 7) is 1.08. The molecule has 8 nitrogen and oxygen atoms in total. The van der Waals surface area contributed by atoms with Gasteiger partial charge < -0.3 is 15.3 Å². The lowest BCUT2D eigenvalue weighted by Crippen LogP contribution is -2.36. The summed E-state index contributed by atoms with van der Waals surface area (Å²) in [4.78, 5) is 27.4. The molecule has 0 amide bonds. The number of benzene rings is 3. The molecule has 1 aromatic heterocycles. The highest BCUT2D eigenvalue weighted by Gasteiger charge is 2.30. The fraction of sp³-hybridized carbons (Fsp3) is 0.241. The molecule has 0 aliphatic carbocycles. The van der Waals surface area contributed by atoms with Crippen LogP contribution in [0.1, 0.15) is 22.3 Å². The molecule has 0 radical (unpaired) electrons. The molecule has 41 heavy (non-hydrogen) atoms. The van der Waals surface area contributed by atoms with Gasteiger partial charge in [0.15, 0.2) is 5.82 Å². The van der Waals surface area contributed by atoms with Crippen molar-refractivity contribution in [1.82, 2.24) is 15.0 Å². The van der Waals surface area contributed by atoms with Gasteiger partial charge in [-0.2, -0.15) is 28.1 Å². The molecule has 0 saturated carbocycles. The zero-order valence-electron chi connectivity index (χ0n) is 21.7. The minimum Gasteiger partial charge on any atom is -0.480 e. The van der Waals surface area contributed by atoms with Crippen LogP contribution < -0.4 is 10.2 Å². The quantitative estimate of drug-likeness (QED) is 0.286. The van der Waals surface area contributed by atoms with Crippen molar-refractivity contribution in [2.24, 2.45) is 0 Å². The van der Waals surface area contributed by atoms with Crippen LogP contribution in [0.15, 0.2) is 78.9 Å². The Morgan fingerprint density at radius 1 is 0.951 bits per heavy atom. The Morgan fingerprint density at radius 2 is 1.63 bits per heavy atom. The summed E-state index contributed by atoms with van der Waals surface area (Å²) in [5, 5.41) is 12.7. The van der Waals surface area contributed by atoms with Crippen molar-refractivity contribution in [2.45, 2.75) is 30.9 Å². The second kappa shape index (κ2) is 12.0. The van der Waals surface area contributed by atoms with Crippen molar-refractivity contribution in [3.05, 3.63) is 101 Å². The fourth-order valence-corrected chi connectivity index (χ4v) is 5.79. The van der Waals surface area contributed by atoms with Crippen LogP contribution in [-0.2, 0) is 40.5 Å². The number of carboxylic acids is 1. The Kier molecular flexibility index (Phi) is 8.29. The molecular weight excluding hydrogens is 555 g/mol. The number of hydrogen-bond donors (Lipinski definition) is 2. The van der Waals surface area contributed by atoms with Crippen LogP contribution in [0.5, 0.6) is 0 Å². The first-order valence-corrected chi connectivity index (χ1v) is 14.3. The highest BCUT2D eigenvalue weighted by molar-refractivity contribution is 7.84. The number of nitrogens with one attached hydrogen (secondary N) is 1. The monoisotopic (exact) mass is 581 g/mol. The van der Waals surface area contributed by atoms with Crippen molar-refractivity contribution in [3.63, 3.8) is 0 Å². The summed E-state index contributed by atoms with van der Waals surface area (Å²) in [6, 6.07) is 20.2. The molecule has 3 aromatic carbocycles. The maximum absolute atomic E-state index is 13.1. The predicted octanol–water partition coefficient (Wildman–Crippen LogP) is 4.93. The predicted molar refractivity (Wildman–Crippen MR) is 150 cm³/mol. The minimum atomic E-state index is -4.50. The first kappa shape index (κ1) is 28.2. The van der Waals surface area contributed by atoms with E-state index in [1.807, 2.05) is 59.5 Å². The molecule has 0 saturated heterocycles. The van der Waals surface area contributed by atoms with E-state index in [0.29, 0.717) is 18.7 Å². The smallest absolute Gasteiger partial charge is 0.416 e. The van der Waals surface area contributed by atoms with Gasteiger partial charge in [0.25, 0.3) is 0 Å². The highest BCUT2D eigenvalue weighted by Crippen LogP contribution is 2.31. The number of anilines is 2. The summed E-state index contributed by atoms with van der Waals surface area (Å²) in [6.07, 6.45) is -3.77. The number of aromatic nitrogens is 3. The van der Waals surface area contributed by atoms with Gasteiger partial charge in [0.1, 0.15) is 6.04 Å². The lowest BCUT2D eigenvalue weighted by Gasteiger charge is -2.29. The summed E-state index contributed by atoms with van der Waals surface area (Å²) in [5.74, 6) is -1.01. The number of halogens is 3. The maximum Gasteiger partial charge on any atom is 0.416 e. The minimum absolute atomic E-state index is 0.0760. The Balaban J connectivity index is 1.45. The molecule has 5 rings (SSSR count). The Bertz CT molecular complexity index is 1550. The van der Waals surface area contributed by atoms with E-state index in [1.165, 1.54) is 17.7 Å². The van der Waals surface area contributed by atoms with E-state index in [4.69, 9.17) is 0 Å². The SMILES string of the molecule is O=C(O)C(C[S@](=O)Cc1ccccc1)Nc1nc(-c2ccc(C(F)(F)F)cc2)nc(N2CCc3ccccc3C2)n1. The molecule has 4 aromatic rings. The third-order valence-electron chi connectivity index (χ3n) is 6.63. The molecule has 1 aliphatic heterocycles. The second-order valence-electron chi connectivity index (χ2n) is 9.57. The fourth-order valence-electron chi connectivity index (χ4n) is 4.51. The van der Waals surface area contributed by atoms with E-state index in [0.717, 1.165) is 29.7 Å². The third-order valence-corrected chi connectivity index (χ3v) is 7.99. The molecule has 12 heteroatoms. The van der Waals surface area contributed by atoms with Crippen molar-refractivity contribution in [1.29, 1.82) is 0 Å². The number of rotatable bonds is 9. The van der Waals surface area contributed by atoms with Gasteiger partial charge in [-0.3, -0.25) is 4.21 Å². The van der Waals surface area contributed by atoms with Crippen molar-refractivity contribution in [2.75, 3.05) is 22.5 Å². The molecule has 0 fully saturated rings. The first-order valence-electron chi connectivity index (χ1n) is 12.8. The van der Waals surface area contributed by atoms with E-state index in [2.05, 4.69) is 20.3 Å². The molecule has 1 unspecified atom stereocenters. The van der Waals surface area contributed by atoms with E-state index in [-0.39, 0.29) is 29.2 Å². The largest absolute Gasteiger partial charge is 0.480 e. The Morgan fingerprint density at radius 3 is 2.32 bits per heavy atom. The number of alkyl halides is 3. The molecule has 212 valence electrons. The molecule has 0 spiro atoms. The van der Waals surface area contributed by atoms with Crippen LogP contribution in [0.3, 0.4) is 0 Å². The van der Waals surface area contributed by atoms with Crippen LogP contribution in [0.25, 0.3) is 11.4 Å². The van der Waals surface area contributed by atoms with Crippen molar-refractivity contribution < 1.29 is 27.3 Å². The number of aliphatic carboxylic acids is 1. The molecule has 2 atom stereocenters. The zero-order valence-corrected chi connectivity index (χ0v) is 22.5. The summed E-state index contributed by atoms with van der Waals surface area (Å²) in [5.41, 5.74) is 2.60. The lowest BCUT2D eigenvalue weighted by molar-refractivity contribution is -0.138. The van der Waals surface area contributed by atoms with Crippen LogP contribution in [-0.4, -0.2) is 48.6 Å². The van der Waals surface area contributed by atoms with E-state index in [9.17, 15) is 27.3 Å². The summed E-state index contributed by atoms with van der Waals surface area (Å²) in [7, 11) is -1.51. The summed E-state index contributed by atoms with van der Waals surface area (Å²) < 4.78 is 52.2. The molecular formula is C29H26F3N5O3S. The van der Waals surface area contributed by atoms with Gasteiger partial charge in [0.2, 0.25) is 11.9 Å². The molecule has 2 heterocycles. The van der Waals surface area contributed by atoms with Gasteiger partial charge in [-0.05, 0) is 35.2 Å². The van der Waals surface area contributed by atoms with Gasteiger partial charge in [0.05, 0.1) is 11.3 Å². The summed E-state index contributed by atoms with van der Waals surface area (Å²) >= 11 is 0. The Hall–Kier alpha value is -4.32. The van der Waals surface area contributed by atoms with Gasteiger partial charge in [-0.1, -0.05) is 66.7 Å². The normalized spacial score (nSPS) is 14.7. The number of hydrogen-bond acceptors (Lipinski definition) is 7. The Labute approximate surface area is 236 Å². The van der Waals surface area contributed by atoms with Gasteiger partial charge in [-0.15, -0.1) is 0 Å². The maximum atomic E-state index is 13.1. The van der Waals surface area contributed by atoms with Gasteiger partial charge in [0, 0.05) is 35.2 Å². The topological polar surface area (TPSA) is 108 Å². The molecule has 0 bridgehead atoms. The van der Waals surface area contributed by atoms with E-state index in [1.54, 1.807) is 0 Å². The van der Waals surface area contributed by atoms with Crippen LogP contribution in [0.2, 0.25) is 0 Å². The number of carbonyl (C=O) groups is 1. The molecule has 2 N–H and O–H groups in total. The van der Waals surface area contributed by atoms with E-state index >= 15 is 0 Å². The van der Waals surface area contributed by atoms with Crippen LogP contribution >= 0.6 is 0 Å². The highest BCUT2D eigenvalue weighted by atomic mass is 32.2. The van der Waals surface area contributed by atoms with Crippen molar-refractivity contribution in [3.8, 4) is 11.4 Å². The number of nitrogens with zero attached hydrogens (tertiary/aromatic N) is 4. The third kappa shape index (κ3) is 7.07. The van der Waals surface area contributed by atoms with Gasteiger partial charge >= 0.3 is 12.1 Å². The average Bonchev–Trinajstić information content (AvgIpc) is 2.96. The standard InChI is InChI=1S/C29H26F3N5O3S/c30-29(31,32)23-12-10-21(11-13-23)25-34-27(33-24(26(38)39)18-41(40)17-19-6-2-1-3-7-19)36-28(35-25)37-15-14-20-8-4-5-9-22(20)16-37/h1-13,24H,14-18H2,(H,38,39)(H,33,34,35,36)/t24?,41-/m1/s1. The number of fused-ring (bicyclic) bond motifs is 1. The lowest BCUT2D eigenvalue weighted by atomic mass is 10.0. The first-order chi connectivity index (χ1) is 19.7. The average molecular weight is 582 g/mol. The van der Waals surface area contributed by atoms with Crippen LogP contribution in [0, 0.1) is 0 Å². The number of carboxylic acid groups (broad SMARTS) is 1. The van der Waals surface area contributed by atoms with Crippen LogP contribution in [0.4, 0.5) is 25.1 Å².